The average molecular weight is 430 g/mol. The number of aliphatic hydroxyl groups excluding tert-OH is 1. The summed E-state index contributed by atoms with van der Waals surface area (Å²) in [5, 5.41) is 12.3. The number of amides is 3. The van der Waals surface area contributed by atoms with Gasteiger partial charge < -0.3 is 25.0 Å². The van der Waals surface area contributed by atoms with Crippen molar-refractivity contribution in [3.63, 3.8) is 0 Å². The number of rotatable bonds is 5. The van der Waals surface area contributed by atoms with Crippen LogP contribution in [0.2, 0.25) is 0 Å². The van der Waals surface area contributed by atoms with Gasteiger partial charge in [-0.3, -0.25) is 4.79 Å². The average Bonchev–Trinajstić information content (AvgIpc) is 2.77. The third-order valence-corrected chi connectivity index (χ3v) is 5.34. The van der Waals surface area contributed by atoms with Crippen LogP contribution in [0.5, 0.6) is 5.88 Å². The van der Waals surface area contributed by atoms with Crippen molar-refractivity contribution >= 4 is 17.6 Å². The molecule has 0 saturated carbocycles. The van der Waals surface area contributed by atoms with Crippen molar-refractivity contribution in [2.75, 3.05) is 32.1 Å². The molecular weight excluding hydrogens is 403 g/mol. The lowest BCUT2D eigenvalue weighted by atomic mass is 10.0. The number of nitrogens with zero attached hydrogens (tertiary/aromatic N) is 3. The van der Waals surface area contributed by atoms with E-state index < -0.39 is 6.10 Å². The maximum Gasteiger partial charge on any atom is 0.321 e. The summed E-state index contributed by atoms with van der Waals surface area (Å²) >= 11 is 0. The van der Waals surface area contributed by atoms with E-state index in [0.717, 1.165) is 0 Å². The normalized spacial score (nSPS) is 19.5. The number of anilines is 1. The highest BCUT2D eigenvalue weighted by atomic mass is 19.1. The fourth-order valence-electron chi connectivity index (χ4n) is 3.37. The first-order valence-corrected chi connectivity index (χ1v) is 10.1. The number of benzene rings is 1. The predicted octanol–water partition coefficient (Wildman–Crippen LogP) is 2.60. The van der Waals surface area contributed by atoms with Crippen LogP contribution in [0.1, 0.15) is 24.2 Å². The quantitative estimate of drug-likeness (QED) is 0.760. The maximum absolute atomic E-state index is 13.1. The van der Waals surface area contributed by atoms with E-state index in [-0.39, 0.29) is 48.7 Å². The van der Waals surface area contributed by atoms with Gasteiger partial charge in [0.1, 0.15) is 17.5 Å². The molecule has 166 valence electrons. The van der Waals surface area contributed by atoms with E-state index in [0.29, 0.717) is 17.8 Å². The molecule has 2 heterocycles. The summed E-state index contributed by atoms with van der Waals surface area (Å²) in [5.74, 6) is -0.580. The van der Waals surface area contributed by atoms with E-state index in [1.54, 1.807) is 37.2 Å². The number of aromatic nitrogens is 1. The van der Waals surface area contributed by atoms with Gasteiger partial charge in [-0.15, -0.1) is 0 Å². The smallest absolute Gasteiger partial charge is 0.321 e. The molecule has 1 aromatic carbocycles. The Balaban J connectivity index is 1.78. The highest BCUT2D eigenvalue weighted by Crippen LogP contribution is 2.26. The zero-order chi connectivity index (χ0) is 22.5. The van der Waals surface area contributed by atoms with Crippen molar-refractivity contribution in [1.82, 2.24) is 14.8 Å². The van der Waals surface area contributed by atoms with Crippen LogP contribution in [-0.2, 0) is 0 Å². The number of halogens is 1. The number of ether oxygens (including phenoxy) is 1. The first-order valence-electron chi connectivity index (χ1n) is 10.1. The molecule has 9 heteroatoms. The van der Waals surface area contributed by atoms with E-state index in [2.05, 4.69) is 10.3 Å². The van der Waals surface area contributed by atoms with Crippen molar-refractivity contribution in [3.8, 4) is 5.88 Å². The third-order valence-electron chi connectivity index (χ3n) is 5.34. The summed E-state index contributed by atoms with van der Waals surface area (Å²) in [4.78, 5) is 32.9. The van der Waals surface area contributed by atoms with Gasteiger partial charge in [0, 0.05) is 31.4 Å². The lowest BCUT2D eigenvalue weighted by Crippen LogP contribution is -2.50. The molecule has 8 nitrogen and oxygen atoms in total. The second-order valence-corrected chi connectivity index (χ2v) is 7.80. The van der Waals surface area contributed by atoms with Crippen LogP contribution < -0.4 is 10.1 Å². The molecule has 0 aliphatic carbocycles. The minimum atomic E-state index is -0.445. The molecule has 0 spiro atoms. The Labute approximate surface area is 180 Å². The molecule has 1 aliphatic heterocycles. The second kappa shape index (κ2) is 9.74. The van der Waals surface area contributed by atoms with Gasteiger partial charge in [-0.25, -0.2) is 14.2 Å². The van der Waals surface area contributed by atoms with Crippen molar-refractivity contribution in [2.45, 2.75) is 26.0 Å². The topological polar surface area (TPSA) is 95.0 Å². The maximum atomic E-state index is 13.1. The molecule has 3 atom stereocenters. The second-order valence-electron chi connectivity index (χ2n) is 7.80. The Kier molecular flexibility index (Phi) is 7.06. The highest BCUT2D eigenvalue weighted by molar-refractivity contribution is 5.96. The fraction of sp³-hybridized carbons (Fsp3) is 0.409. The van der Waals surface area contributed by atoms with Crippen molar-refractivity contribution in [2.24, 2.45) is 5.92 Å². The Bertz CT molecular complexity index is 924. The molecule has 0 bridgehead atoms. The monoisotopic (exact) mass is 430 g/mol. The molecule has 31 heavy (non-hydrogen) atoms. The summed E-state index contributed by atoms with van der Waals surface area (Å²) in [6.07, 6.45) is 1.10. The molecule has 0 saturated heterocycles. The SMILES string of the molecule is CC(CO)N1C[C@H](C)[C@H](CN(C)C(=O)Nc2ccc(F)cc2)Oc2ncccc2C1=O. The summed E-state index contributed by atoms with van der Waals surface area (Å²) in [7, 11) is 1.63. The van der Waals surface area contributed by atoms with Crippen LogP contribution in [-0.4, -0.2) is 70.7 Å². The van der Waals surface area contributed by atoms with E-state index in [1.807, 2.05) is 6.92 Å². The van der Waals surface area contributed by atoms with Crippen molar-refractivity contribution in [1.29, 1.82) is 0 Å². The van der Waals surface area contributed by atoms with Crippen LogP contribution in [0.3, 0.4) is 0 Å². The van der Waals surface area contributed by atoms with Gasteiger partial charge in [0.15, 0.2) is 0 Å². The number of hydrogen-bond acceptors (Lipinski definition) is 5. The lowest BCUT2D eigenvalue weighted by molar-refractivity contribution is 0.0356. The Morgan fingerprint density at radius 3 is 2.77 bits per heavy atom. The summed E-state index contributed by atoms with van der Waals surface area (Å²) in [6.45, 7) is 4.13. The summed E-state index contributed by atoms with van der Waals surface area (Å²) in [6, 6.07) is 8.05. The van der Waals surface area contributed by atoms with Gasteiger partial charge in [-0.2, -0.15) is 0 Å². The first kappa shape index (κ1) is 22.5. The number of aliphatic hydroxyl groups is 1. The zero-order valence-electron chi connectivity index (χ0n) is 17.8. The summed E-state index contributed by atoms with van der Waals surface area (Å²) < 4.78 is 19.2. The highest BCUT2D eigenvalue weighted by Gasteiger charge is 2.34. The number of likely N-dealkylation sites (N-methyl/N-ethyl adjacent to an activating group) is 1. The minimum absolute atomic E-state index is 0.144. The summed E-state index contributed by atoms with van der Waals surface area (Å²) in [5.41, 5.74) is 0.795. The van der Waals surface area contributed by atoms with Crippen molar-refractivity contribution < 1.29 is 23.8 Å². The molecule has 1 unspecified atom stereocenters. The van der Waals surface area contributed by atoms with E-state index in [9.17, 15) is 19.1 Å². The first-order chi connectivity index (χ1) is 14.8. The van der Waals surface area contributed by atoms with Gasteiger partial charge in [-0.05, 0) is 43.3 Å². The molecule has 3 rings (SSSR count). The molecule has 2 N–H and O–H groups in total. The number of carbonyl (C=O) groups excluding carboxylic acids is 2. The third kappa shape index (κ3) is 5.29. The number of pyridine rings is 1. The lowest BCUT2D eigenvalue weighted by Gasteiger charge is -2.37. The largest absolute Gasteiger partial charge is 0.472 e. The number of carbonyl (C=O) groups is 2. The van der Waals surface area contributed by atoms with E-state index in [1.165, 1.54) is 29.2 Å². The van der Waals surface area contributed by atoms with Gasteiger partial charge >= 0.3 is 6.03 Å². The Morgan fingerprint density at radius 1 is 1.39 bits per heavy atom. The molecule has 1 aromatic heterocycles. The van der Waals surface area contributed by atoms with Crippen LogP contribution in [0, 0.1) is 11.7 Å². The molecule has 3 amide bonds. The molecule has 1 aliphatic rings. The van der Waals surface area contributed by atoms with E-state index >= 15 is 0 Å². The van der Waals surface area contributed by atoms with Gasteiger partial charge in [0.05, 0.1) is 19.2 Å². The molecular formula is C22H27FN4O4. The fourth-order valence-corrected chi connectivity index (χ4v) is 3.37. The zero-order valence-corrected chi connectivity index (χ0v) is 17.8. The van der Waals surface area contributed by atoms with Crippen molar-refractivity contribution in [3.05, 3.63) is 54.0 Å². The minimum Gasteiger partial charge on any atom is -0.472 e. The van der Waals surface area contributed by atoms with Crippen LogP contribution in [0.4, 0.5) is 14.9 Å². The van der Waals surface area contributed by atoms with Crippen LogP contribution >= 0.6 is 0 Å². The predicted molar refractivity (Wildman–Crippen MR) is 113 cm³/mol. The number of urea groups is 1. The number of nitrogens with one attached hydrogen (secondary N) is 1. The number of hydrogen-bond donors (Lipinski definition) is 2. The van der Waals surface area contributed by atoms with Gasteiger partial charge in [0.25, 0.3) is 5.91 Å². The standard InChI is InChI=1S/C22H27FN4O4/c1-14-11-27(15(2)13-28)21(29)18-5-4-10-24-20(18)31-19(14)12-26(3)22(30)25-17-8-6-16(23)7-9-17/h4-10,14-15,19,28H,11-13H2,1-3H3,(H,25,30)/t14-,15?,19-/m0/s1. The van der Waals surface area contributed by atoms with Crippen LogP contribution in [0.25, 0.3) is 0 Å². The Hall–Kier alpha value is -3.20. The molecule has 0 radical (unpaired) electrons. The van der Waals surface area contributed by atoms with Gasteiger partial charge in [0.2, 0.25) is 5.88 Å². The molecule has 2 aromatic rings. The Morgan fingerprint density at radius 2 is 2.10 bits per heavy atom. The molecule has 0 fully saturated rings. The van der Waals surface area contributed by atoms with E-state index in [4.69, 9.17) is 4.74 Å². The van der Waals surface area contributed by atoms with Gasteiger partial charge in [-0.1, -0.05) is 6.92 Å². The van der Waals surface area contributed by atoms with Crippen LogP contribution in [0.15, 0.2) is 42.6 Å². The number of fused-ring (bicyclic) bond motifs is 1.